The second-order valence-electron chi connectivity index (χ2n) is 6.22. The van der Waals surface area contributed by atoms with Crippen LogP contribution < -0.4 is 19.1 Å². The molecule has 2 aliphatic heterocycles. The average Bonchev–Trinajstić information content (AvgIpc) is 3.34. The number of nitrogens with one attached hydrogen (secondary N) is 2. The molecule has 1 atom stereocenters. The van der Waals surface area contributed by atoms with Gasteiger partial charge in [0, 0.05) is 5.56 Å². The zero-order valence-electron chi connectivity index (χ0n) is 14.1. The lowest BCUT2D eigenvalue weighted by Crippen LogP contribution is -3.15. The zero-order chi connectivity index (χ0) is 18.0. The van der Waals surface area contributed by atoms with Crippen LogP contribution in [0.15, 0.2) is 39.9 Å². The van der Waals surface area contributed by atoms with Crippen molar-refractivity contribution in [2.75, 3.05) is 39.6 Å². The van der Waals surface area contributed by atoms with Gasteiger partial charge in [-0.3, -0.25) is 0 Å². The molecular formula is C17H21N2O5S2+. The van der Waals surface area contributed by atoms with Crippen molar-refractivity contribution in [3.8, 4) is 11.5 Å². The van der Waals surface area contributed by atoms with Crippen LogP contribution >= 0.6 is 11.3 Å². The Morgan fingerprint density at radius 1 is 1.15 bits per heavy atom. The summed E-state index contributed by atoms with van der Waals surface area (Å²) in [6.07, 6.45) is 0. The standard InChI is InChI=1S/C17H20N2O5S2/c20-26(21,17-2-1-9-25-17)18-11-14(19-5-7-22-8-6-19)13-3-4-15-16(10-13)24-12-23-15/h1-4,9-10,14,18H,5-8,11-12H2/p+1/t14-/m1/s1. The molecular weight excluding hydrogens is 376 g/mol. The third-order valence-corrected chi connectivity index (χ3v) is 7.49. The van der Waals surface area contributed by atoms with E-state index in [1.165, 1.54) is 16.2 Å². The lowest BCUT2D eigenvalue weighted by Gasteiger charge is -2.32. The minimum atomic E-state index is -3.50. The number of rotatable bonds is 6. The summed E-state index contributed by atoms with van der Waals surface area (Å²) in [5, 5.41) is 1.76. The minimum Gasteiger partial charge on any atom is -0.454 e. The van der Waals surface area contributed by atoms with Gasteiger partial charge in [-0.25, -0.2) is 13.1 Å². The van der Waals surface area contributed by atoms with Crippen LogP contribution in [0.5, 0.6) is 11.5 Å². The van der Waals surface area contributed by atoms with Gasteiger partial charge in [-0.15, -0.1) is 11.3 Å². The summed E-state index contributed by atoms with van der Waals surface area (Å²) in [5.41, 5.74) is 1.03. The molecule has 2 aliphatic rings. The molecule has 3 heterocycles. The van der Waals surface area contributed by atoms with E-state index in [0.717, 1.165) is 24.4 Å². The predicted octanol–water partition coefficient (Wildman–Crippen LogP) is 0.411. The number of benzene rings is 1. The van der Waals surface area contributed by atoms with Crippen molar-refractivity contribution in [3.05, 3.63) is 41.3 Å². The van der Waals surface area contributed by atoms with E-state index < -0.39 is 10.0 Å². The largest absolute Gasteiger partial charge is 0.454 e. The molecule has 0 saturated carbocycles. The van der Waals surface area contributed by atoms with Gasteiger partial charge in [0.15, 0.2) is 11.5 Å². The molecule has 0 bridgehead atoms. The molecule has 0 unspecified atom stereocenters. The van der Waals surface area contributed by atoms with E-state index in [2.05, 4.69) is 4.72 Å². The first kappa shape index (κ1) is 17.7. The minimum absolute atomic E-state index is 0.0249. The molecule has 0 radical (unpaired) electrons. The van der Waals surface area contributed by atoms with Crippen molar-refractivity contribution in [2.24, 2.45) is 0 Å². The first-order valence-corrected chi connectivity index (χ1v) is 10.8. The molecule has 1 fully saturated rings. The number of morpholine rings is 1. The van der Waals surface area contributed by atoms with Crippen LogP contribution in [0.4, 0.5) is 0 Å². The molecule has 0 spiro atoms. The summed E-state index contributed by atoms with van der Waals surface area (Å²) < 4.78 is 44.5. The molecule has 26 heavy (non-hydrogen) atoms. The molecule has 2 aromatic rings. The molecule has 0 amide bonds. The van der Waals surface area contributed by atoms with E-state index in [1.54, 1.807) is 17.5 Å². The van der Waals surface area contributed by atoms with Gasteiger partial charge in [0.25, 0.3) is 0 Å². The first-order valence-electron chi connectivity index (χ1n) is 8.48. The SMILES string of the molecule is O=S(=O)(NC[C@H](c1ccc2c(c1)OCO2)[NH+]1CCOCC1)c1cccs1. The molecule has 1 saturated heterocycles. The van der Waals surface area contributed by atoms with Gasteiger partial charge in [0.05, 0.1) is 19.8 Å². The summed E-state index contributed by atoms with van der Waals surface area (Å²) in [7, 11) is -3.50. The average molecular weight is 397 g/mol. The van der Waals surface area contributed by atoms with Crippen LogP contribution in [0.25, 0.3) is 0 Å². The van der Waals surface area contributed by atoms with Crippen LogP contribution in [0.1, 0.15) is 11.6 Å². The second-order valence-corrected chi connectivity index (χ2v) is 9.16. The highest BCUT2D eigenvalue weighted by Gasteiger charge is 2.30. The summed E-state index contributed by atoms with van der Waals surface area (Å²) in [5.74, 6) is 1.44. The molecule has 1 aromatic carbocycles. The maximum Gasteiger partial charge on any atom is 0.250 e. The quantitative estimate of drug-likeness (QED) is 0.738. The van der Waals surface area contributed by atoms with Gasteiger partial charge in [0.2, 0.25) is 16.8 Å². The Hall–Kier alpha value is -1.65. The highest BCUT2D eigenvalue weighted by molar-refractivity contribution is 7.91. The molecule has 1 aromatic heterocycles. The Labute approximate surface area is 156 Å². The van der Waals surface area contributed by atoms with Gasteiger partial charge in [-0.1, -0.05) is 6.07 Å². The van der Waals surface area contributed by atoms with Gasteiger partial charge in [-0.05, 0) is 29.6 Å². The van der Waals surface area contributed by atoms with Crippen LogP contribution in [0, 0.1) is 0 Å². The van der Waals surface area contributed by atoms with Crippen molar-refractivity contribution in [3.63, 3.8) is 0 Å². The van der Waals surface area contributed by atoms with Crippen molar-refractivity contribution in [2.45, 2.75) is 10.3 Å². The fourth-order valence-electron chi connectivity index (χ4n) is 3.29. The number of sulfonamides is 1. The number of fused-ring (bicyclic) bond motifs is 1. The van der Waals surface area contributed by atoms with Crippen molar-refractivity contribution >= 4 is 21.4 Å². The Kier molecular flexibility index (Phi) is 5.14. The van der Waals surface area contributed by atoms with Crippen molar-refractivity contribution in [1.82, 2.24) is 4.72 Å². The van der Waals surface area contributed by atoms with Gasteiger partial charge in [0.1, 0.15) is 23.3 Å². The van der Waals surface area contributed by atoms with E-state index in [4.69, 9.17) is 14.2 Å². The van der Waals surface area contributed by atoms with Gasteiger partial charge >= 0.3 is 0 Å². The lowest BCUT2D eigenvalue weighted by molar-refractivity contribution is -0.937. The Morgan fingerprint density at radius 2 is 1.96 bits per heavy atom. The van der Waals surface area contributed by atoms with E-state index >= 15 is 0 Å². The van der Waals surface area contributed by atoms with E-state index in [0.29, 0.717) is 29.7 Å². The smallest absolute Gasteiger partial charge is 0.250 e. The Morgan fingerprint density at radius 3 is 2.73 bits per heavy atom. The van der Waals surface area contributed by atoms with Gasteiger partial charge in [-0.2, -0.15) is 0 Å². The third kappa shape index (κ3) is 3.72. The van der Waals surface area contributed by atoms with Crippen LogP contribution in [0.2, 0.25) is 0 Å². The highest BCUT2D eigenvalue weighted by atomic mass is 32.2. The number of hydrogen-bond donors (Lipinski definition) is 2. The highest BCUT2D eigenvalue weighted by Crippen LogP contribution is 2.33. The second kappa shape index (κ2) is 7.53. The molecule has 2 N–H and O–H groups in total. The van der Waals surface area contributed by atoms with E-state index in [1.807, 2.05) is 18.2 Å². The normalized spacial score (nSPS) is 18.8. The van der Waals surface area contributed by atoms with Crippen molar-refractivity contribution in [1.29, 1.82) is 0 Å². The van der Waals surface area contributed by atoms with Crippen LogP contribution in [-0.4, -0.2) is 48.1 Å². The summed E-state index contributed by atoms with van der Waals surface area (Å²) >= 11 is 1.22. The van der Waals surface area contributed by atoms with E-state index in [-0.39, 0.29) is 12.8 Å². The number of hydrogen-bond acceptors (Lipinski definition) is 6. The Balaban J connectivity index is 1.57. The molecule has 140 valence electrons. The van der Waals surface area contributed by atoms with E-state index in [9.17, 15) is 8.42 Å². The topological polar surface area (TPSA) is 78.3 Å². The fraction of sp³-hybridized carbons (Fsp3) is 0.412. The summed E-state index contributed by atoms with van der Waals surface area (Å²) in [6.45, 7) is 3.55. The summed E-state index contributed by atoms with van der Waals surface area (Å²) in [6, 6.07) is 9.15. The number of quaternary nitrogens is 1. The molecule has 7 nitrogen and oxygen atoms in total. The van der Waals surface area contributed by atoms with Gasteiger partial charge < -0.3 is 19.1 Å². The molecule has 0 aliphatic carbocycles. The number of ether oxygens (including phenoxy) is 3. The Bertz CT molecular complexity index is 848. The zero-order valence-corrected chi connectivity index (χ0v) is 15.8. The van der Waals surface area contributed by atoms with Crippen LogP contribution in [-0.2, 0) is 14.8 Å². The third-order valence-electron chi connectivity index (χ3n) is 4.66. The van der Waals surface area contributed by atoms with Crippen molar-refractivity contribution < 1.29 is 27.5 Å². The summed E-state index contributed by atoms with van der Waals surface area (Å²) in [4.78, 5) is 1.30. The maximum atomic E-state index is 12.5. The predicted molar refractivity (Wildman–Crippen MR) is 96.3 cm³/mol. The number of thiophene rings is 1. The van der Waals surface area contributed by atoms with Crippen LogP contribution in [0.3, 0.4) is 0 Å². The molecule has 9 heteroatoms. The molecule has 4 rings (SSSR count). The maximum absolute atomic E-state index is 12.5. The fourth-order valence-corrected chi connectivity index (χ4v) is 5.38. The lowest BCUT2D eigenvalue weighted by atomic mass is 10.0. The first-order chi connectivity index (χ1) is 12.6. The monoisotopic (exact) mass is 397 g/mol.